The van der Waals surface area contributed by atoms with Crippen LogP contribution in [0.3, 0.4) is 0 Å². The van der Waals surface area contributed by atoms with Gasteiger partial charge >= 0.3 is 0 Å². The number of nitrogens with zero attached hydrogens (tertiary/aromatic N) is 1. The Bertz CT molecular complexity index is 529. The standard InChI is InChI=1S/C11H16N2O2S3/c1-13(6-7-17-2)18(14,15)10-5-3-4-9(8-10)11(12)16/h3-5,8H,6-7H2,1-2H3,(H2,12,16). The van der Waals surface area contributed by atoms with Crippen molar-refractivity contribution in [2.75, 3.05) is 25.6 Å². The lowest BCUT2D eigenvalue weighted by Gasteiger charge is -2.17. The molecule has 0 aliphatic rings. The summed E-state index contributed by atoms with van der Waals surface area (Å²) < 4.78 is 25.8. The average molecular weight is 304 g/mol. The van der Waals surface area contributed by atoms with Crippen LogP contribution in [0, 0.1) is 0 Å². The van der Waals surface area contributed by atoms with Crippen LogP contribution in [0.1, 0.15) is 5.56 Å². The third-order valence-electron chi connectivity index (χ3n) is 2.44. The molecule has 1 rings (SSSR count). The first-order valence-electron chi connectivity index (χ1n) is 5.24. The van der Waals surface area contributed by atoms with Crippen molar-refractivity contribution in [1.29, 1.82) is 0 Å². The molecule has 0 bridgehead atoms. The third-order valence-corrected chi connectivity index (χ3v) is 5.12. The molecule has 4 nitrogen and oxygen atoms in total. The zero-order valence-electron chi connectivity index (χ0n) is 10.3. The Morgan fingerprint density at radius 2 is 2.17 bits per heavy atom. The van der Waals surface area contributed by atoms with E-state index in [1.54, 1.807) is 37.0 Å². The Balaban J connectivity index is 3.04. The molecule has 100 valence electrons. The highest BCUT2D eigenvalue weighted by Gasteiger charge is 2.20. The summed E-state index contributed by atoms with van der Waals surface area (Å²) in [7, 11) is -1.89. The monoisotopic (exact) mass is 304 g/mol. The lowest BCUT2D eigenvalue weighted by atomic mass is 10.2. The first-order valence-corrected chi connectivity index (χ1v) is 8.49. The fraction of sp³-hybridized carbons (Fsp3) is 0.364. The van der Waals surface area contributed by atoms with Crippen LogP contribution in [0.5, 0.6) is 0 Å². The van der Waals surface area contributed by atoms with E-state index in [1.807, 2.05) is 6.26 Å². The highest BCUT2D eigenvalue weighted by atomic mass is 32.2. The predicted octanol–water partition coefficient (Wildman–Crippen LogP) is 1.30. The molecule has 0 saturated carbocycles. The Hall–Kier alpha value is -0.630. The second-order valence-electron chi connectivity index (χ2n) is 3.71. The summed E-state index contributed by atoms with van der Waals surface area (Å²) in [6, 6.07) is 6.40. The van der Waals surface area contributed by atoms with Gasteiger partial charge in [-0.1, -0.05) is 24.4 Å². The molecule has 0 radical (unpaired) electrons. The van der Waals surface area contributed by atoms with Crippen LogP contribution in [0.2, 0.25) is 0 Å². The topological polar surface area (TPSA) is 63.4 Å². The van der Waals surface area contributed by atoms with Gasteiger partial charge < -0.3 is 5.73 Å². The van der Waals surface area contributed by atoms with Gasteiger partial charge in [-0.05, 0) is 18.4 Å². The van der Waals surface area contributed by atoms with E-state index in [0.717, 1.165) is 5.75 Å². The SMILES string of the molecule is CSCCN(C)S(=O)(=O)c1cccc(C(N)=S)c1. The number of sulfonamides is 1. The summed E-state index contributed by atoms with van der Waals surface area (Å²) in [5, 5.41) is 0. The van der Waals surface area contributed by atoms with Gasteiger partial charge in [0, 0.05) is 24.9 Å². The summed E-state index contributed by atoms with van der Waals surface area (Å²) in [4.78, 5) is 0.412. The molecule has 0 spiro atoms. The van der Waals surface area contributed by atoms with Crippen molar-refractivity contribution in [3.05, 3.63) is 29.8 Å². The van der Waals surface area contributed by atoms with Crippen molar-refractivity contribution < 1.29 is 8.42 Å². The maximum atomic E-state index is 12.2. The zero-order valence-corrected chi connectivity index (χ0v) is 12.7. The Labute approximate surface area is 118 Å². The molecular formula is C11H16N2O2S3. The molecule has 0 heterocycles. The number of hydrogen-bond acceptors (Lipinski definition) is 4. The Morgan fingerprint density at radius 3 is 2.72 bits per heavy atom. The maximum absolute atomic E-state index is 12.2. The van der Waals surface area contributed by atoms with Crippen LogP contribution in [-0.4, -0.2) is 43.3 Å². The molecule has 0 aliphatic heterocycles. The van der Waals surface area contributed by atoms with Crippen LogP contribution >= 0.6 is 24.0 Å². The van der Waals surface area contributed by atoms with Crippen LogP contribution in [0.15, 0.2) is 29.2 Å². The molecule has 7 heteroatoms. The van der Waals surface area contributed by atoms with Crippen molar-refractivity contribution in [1.82, 2.24) is 4.31 Å². The number of thioether (sulfide) groups is 1. The summed E-state index contributed by atoms with van der Waals surface area (Å²) in [5.41, 5.74) is 6.06. The van der Waals surface area contributed by atoms with Crippen molar-refractivity contribution in [3.8, 4) is 0 Å². The second-order valence-corrected chi connectivity index (χ2v) is 7.18. The van der Waals surface area contributed by atoms with E-state index in [9.17, 15) is 8.42 Å². The van der Waals surface area contributed by atoms with Gasteiger partial charge in [0.05, 0.1) is 4.90 Å². The number of thiocarbonyl (C=S) groups is 1. The molecule has 1 aromatic rings. The van der Waals surface area contributed by atoms with Crippen molar-refractivity contribution >= 4 is 39.0 Å². The van der Waals surface area contributed by atoms with Crippen molar-refractivity contribution in [2.45, 2.75) is 4.90 Å². The molecule has 0 amide bonds. The van der Waals surface area contributed by atoms with Crippen molar-refractivity contribution in [2.24, 2.45) is 5.73 Å². The van der Waals surface area contributed by atoms with Gasteiger partial charge in [-0.2, -0.15) is 11.8 Å². The predicted molar refractivity (Wildman–Crippen MR) is 80.5 cm³/mol. The summed E-state index contributed by atoms with van der Waals surface area (Å²) in [5.74, 6) is 0.755. The molecule has 0 unspecified atom stereocenters. The minimum absolute atomic E-state index is 0.193. The van der Waals surface area contributed by atoms with Gasteiger partial charge in [0.1, 0.15) is 4.99 Å². The van der Waals surface area contributed by atoms with E-state index in [0.29, 0.717) is 12.1 Å². The largest absolute Gasteiger partial charge is 0.389 e. The number of nitrogens with two attached hydrogens (primary N) is 1. The highest BCUT2D eigenvalue weighted by Crippen LogP contribution is 2.16. The van der Waals surface area contributed by atoms with Crippen LogP contribution < -0.4 is 5.73 Å². The molecule has 0 aliphatic carbocycles. The minimum Gasteiger partial charge on any atom is -0.389 e. The first kappa shape index (κ1) is 15.4. The summed E-state index contributed by atoms with van der Waals surface area (Å²) >= 11 is 6.45. The molecule has 0 atom stereocenters. The number of benzene rings is 1. The lowest BCUT2D eigenvalue weighted by Crippen LogP contribution is -2.29. The number of hydrogen-bond donors (Lipinski definition) is 1. The van der Waals surface area contributed by atoms with E-state index in [-0.39, 0.29) is 9.88 Å². The molecular weight excluding hydrogens is 288 g/mol. The normalized spacial score (nSPS) is 11.7. The fourth-order valence-electron chi connectivity index (χ4n) is 1.33. The Morgan fingerprint density at radius 1 is 1.50 bits per heavy atom. The summed E-state index contributed by atoms with van der Waals surface area (Å²) in [6.07, 6.45) is 1.94. The molecule has 18 heavy (non-hydrogen) atoms. The summed E-state index contributed by atoms with van der Waals surface area (Å²) in [6.45, 7) is 0.473. The molecule has 0 saturated heterocycles. The van der Waals surface area contributed by atoms with Gasteiger partial charge in [-0.15, -0.1) is 0 Å². The molecule has 1 aromatic carbocycles. The van der Waals surface area contributed by atoms with Crippen LogP contribution in [0.25, 0.3) is 0 Å². The van der Waals surface area contributed by atoms with E-state index >= 15 is 0 Å². The highest BCUT2D eigenvalue weighted by molar-refractivity contribution is 7.98. The second kappa shape index (κ2) is 6.51. The smallest absolute Gasteiger partial charge is 0.242 e. The van der Waals surface area contributed by atoms with Gasteiger partial charge in [-0.25, -0.2) is 12.7 Å². The zero-order chi connectivity index (χ0) is 13.8. The Kier molecular flexibility index (Phi) is 5.58. The van der Waals surface area contributed by atoms with Gasteiger partial charge in [0.15, 0.2) is 0 Å². The molecule has 2 N–H and O–H groups in total. The first-order chi connectivity index (χ1) is 8.39. The van der Waals surface area contributed by atoms with Gasteiger partial charge in [0.25, 0.3) is 0 Å². The number of rotatable bonds is 6. The third kappa shape index (κ3) is 3.68. The maximum Gasteiger partial charge on any atom is 0.242 e. The van der Waals surface area contributed by atoms with Crippen LogP contribution in [0.4, 0.5) is 0 Å². The van der Waals surface area contributed by atoms with E-state index in [1.165, 1.54) is 10.4 Å². The lowest BCUT2D eigenvalue weighted by molar-refractivity contribution is 0.488. The van der Waals surface area contributed by atoms with Gasteiger partial charge in [-0.3, -0.25) is 0 Å². The fourth-order valence-corrected chi connectivity index (χ4v) is 3.25. The molecule has 0 aromatic heterocycles. The van der Waals surface area contributed by atoms with E-state index in [4.69, 9.17) is 18.0 Å². The minimum atomic E-state index is -3.46. The average Bonchev–Trinajstić information content (AvgIpc) is 2.35. The van der Waals surface area contributed by atoms with Crippen LogP contribution in [-0.2, 0) is 10.0 Å². The van der Waals surface area contributed by atoms with Gasteiger partial charge in [0.2, 0.25) is 10.0 Å². The quantitative estimate of drug-likeness (QED) is 0.803. The van der Waals surface area contributed by atoms with E-state index < -0.39 is 10.0 Å². The van der Waals surface area contributed by atoms with Crippen molar-refractivity contribution in [3.63, 3.8) is 0 Å². The molecule has 0 fully saturated rings. The van der Waals surface area contributed by atoms with E-state index in [2.05, 4.69) is 0 Å².